The molecule has 2 nitrogen and oxygen atoms in total. The van der Waals surface area contributed by atoms with Crippen molar-refractivity contribution in [1.82, 2.24) is 10.6 Å². The van der Waals surface area contributed by atoms with Crippen LogP contribution in [0.15, 0.2) is 0 Å². The van der Waals surface area contributed by atoms with Crippen LogP contribution in [0.25, 0.3) is 0 Å². The first-order chi connectivity index (χ1) is 4.81. The first kappa shape index (κ1) is 10.4. The molecular weight excluding hydrogens is 192 g/mol. The van der Waals surface area contributed by atoms with Crippen LogP contribution in [0, 0.1) is 0 Å². The number of nitrogens with one attached hydrogen (secondary N) is 2. The molecule has 0 radical (unpaired) electrons. The van der Waals surface area contributed by atoms with E-state index in [2.05, 4.69) is 40.4 Å². The zero-order chi connectivity index (χ0) is 7.82. The zero-order valence-corrected chi connectivity index (χ0v) is 8.37. The average molecular weight is 209 g/mol. The second kappa shape index (κ2) is 7.51. The molecule has 2 N–H and O–H groups in total. The van der Waals surface area contributed by atoms with Gasteiger partial charge in [0, 0.05) is 0 Å². The van der Waals surface area contributed by atoms with E-state index in [-0.39, 0.29) is 0 Å². The van der Waals surface area contributed by atoms with Gasteiger partial charge in [-0.2, -0.15) is 0 Å². The van der Waals surface area contributed by atoms with E-state index < -0.39 is 0 Å². The van der Waals surface area contributed by atoms with Crippen LogP contribution in [0.2, 0.25) is 0 Å². The molecule has 0 aliphatic heterocycles. The molecule has 0 saturated heterocycles. The summed E-state index contributed by atoms with van der Waals surface area (Å²) in [6.07, 6.45) is 1.14. The first-order valence-electron chi connectivity index (χ1n) is 3.89. The Morgan fingerprint density at radius 1 is 1.30 bits per heavy atom. The molecule has 0 aliphatic rings. The molecule has 1 unspecified atom stereocenters. The summed E-state index contributed by atoms with van der Waals surface area (Å²) < 4.78 is 0. The maximum absolute atomic E-state index is 3.52. The third kappa shape index (κ3) is 6.52. The van der Waals surface area contributed by atoms with E-state index in [1.54, 1.807) is 0 Å². The molecule has 0 rings (SSSR count). The molecule has 0 aliphatic carbocycles. The standard InChI is InChI=1S/C7H17BrN2/c1-3-9-6-5-7(8)10-4-2/h7,9-10H,3-6H2,1-2H3. The normalized spacial score (nSPS) is 13.5. The molecule has 0 fully saturated rings. The topological polar surface area (TPSA) is 24.1 Å². The van der Waals surface area contributed by atoms with Crippen molar-refractivity contribution in [3.8, 4) is 0 Å². The van der Waals surface area contributed by atoms with Gasteiger partial charge in [-0.3, -0.25) is 0 Å². The first-order valence-corrected chi connectivity index (χ1v) is 4.81. The summed E-state index contributed by atoms with van der Waals surface area (Å²) in [5, 5.41) is 6.55. The lowest BCUT2D eigenvalue weighted by Gasteiger charge is -2.09. The molecule has 62 valence electrons. The van der Waals surface area contributed by atoms with E-state index in [1.165, 1.54) is 0 Å². The maximum atomic E-state index is 3.52. The van der Waals surface area contributed by atoms with Gasteiger partial charge in [0.05, 0.1) is 4.95 Å². The van der Waals surface area contributed by atoms with Crippen LogP contribution >= 0.6 is 15.9 Å². The molecule has 0 amide bonds. The van der Waals surface area contributed by atoms with Crippen LogP contribution in [-0.4, -0.2) is 24.6 Å². The summed E-state index contributed by atoms with van der Waals surface area (Å²) in [5.41, 5.74) is 0. The summed E-state index contributed by atoms with van der Waals surface area (Å²) >= 11 is 3.52. The fraction of sp³-hybridized carbons (Fsp3) is 1.00. The molecule has 1 atom stereocenters. The summed E-state index contributed by atoms with van der Waals surface area (Å²) in [7, 11) is 0. The fourth-order valence-electron chi connectivity index (χ4n) is 0.729. The second-order valence-electron chi connectivity index (χ2n) is 2.17. The van der Waals surface area contributed by atoms with Gasteiger partial charge in [-0.15, -0.1) is 0 Å². The van der Waals surface area contributed by atoms with E-state index in [4.69, 9.17) is 0 Å². The molecule has 0 saturated carbocycles. The Morgan fingerprint density at radius 2 is 2.00 bits per heavy atom. The fourth-order valence-corrected chi connectivity index (χ4v) is 1.28. The van der Waals surface area contributed by atoms with E-state index in [9.17, 15) is 0 Å². The van der Waals surface area contributed by atoms with Crippen molar-refractivity contribution in [2.24, 2.45) is 0 Å². The lowest BCUT2D eigenvalue weighted by molar-refractivity contribution is 0.596. The molecule has 10 heavy (non-hydrogen) atoms. The SMILES string of the molecule is CCNCCC(Br)NCC. The monoisotopic (exact) mass is 208 g/mol. The molecule has 0 aromatic carbocycles. The minimum Gasteiger partial charge on any atom is -0.317 e. The van der Waals surface area contributed by atoms with Gasteiger partial charge in [0.15, 0.2) is 0 Å². The average Bonchev–Trinajstić information content (AvgIpc) is 1.89. The van der Waals surface area contributed by atoms with Crippen LogP contribution in [-0.2, 0) is 0 Å². The van der Waals surface area contributed by atoms with Gasteiger partial charge in [0.1, 0.15) is 0 Å². The largest absolute Gasteiger partial charge is 0.317 e. The highest BCUT2D eigenvalue weighted by atomic mass is 79.9. The highest BCUT2D eigenvalue weighted by molar-refractivity contribution is 9.09. The smallest absolute Gasteiger partial charge is 0.0642 e. The van der Waals surface area contributed by atoms with Crippen molar-refractivity contribution >= 4 is 15.9 Å². The van der Waals surface area contributed by atoms with Crippen molar-refractivity contribution < 1.29 is 0 Å². The third-order valence-corrected chi connectivity index (χ3v) is 2.03. The molecule has 3 heteroatoms. The van der Waals surface area contributed by atoms with Crippen molar-refractivity contribution in [2.45, 2.75) is 25.2 Å². The molecule has 0 heterocycles. The second-order valence-corrected chi connectivity index (χ2v) is 3.27. The van der Waals surface area contributed by atoms with E-state index in [0.29, 0.717) is 4.95 Å². The predicted octanol–water partition coefficient (Wildman–Crippen LogP) is 1.32. The van der Waals surface area contributed by atoms with Gasteiger partial charge >= 0.3 is 0 Å². The van der Waals surface area contributed by atoms with Gasteiger partial charge in [0.25, 0.3) is 0 Å². The Bertz CT molecular complexity index is 68.6. The molecule has 0 spiro atoms. The molecular formula is C7H17BrN2. The van der Waals surface area contributed by atoms with Crippen LogP contribution in [0.4, 0.5) is 0 Å². The summed E-state index contributed by atoms with van der Waals surface area (Å²) in [4.78, 5) is 0.469. The summed E-state index contributed by atoms with van der Waals surface area (Å²) in [6, 6.07) is 0. The molecule has 0 aromatic heterocycles. The Hall–Kier alpha value is 0.400. The van der Waals surface area contributed by atoms with Crippen molar-refractivity contribution in [1.29, 1.82) is 0 Å². The van der Waals surface area contributed by atoms with Crippen LogP contribution in [0.3, 0.4) is 0 Å². The predicted molar refractivity (Wildman–Crippen MR) is 49.6 cm³/mol. The van der Waals surface area contributed by atoms with Crippen LogP contribution in [0.5, 0.6) is 0 Å². The highest BCUT2D eigenvalue weighted by Crippen LogP contribution is 1.98. The number of rotatable bonds is 6. The molecule has 0 aromatic rings. The summed E-state index contributed by atoms with van der Waals surface area (Å²) in [5.74, 6) is 0. The lowest BCUT2D eigenvalue weighted by atomic mass is 10.4. The van der Waals surface area contributed by atoms with E-state index >= 15 is 0 Å². The van der Waals surface area contributed by atoms with Gasteiger partial charge in [-0.25, -0.2) is 0 Å². The Kier molecular flexibility index (Phi) is 7.81. The van der Waals surface area contributed by atoms with E-state index in [0.717, 1.165) is 26.1 Å². The zero-order valence-electron chi connectivity index (χ0n) is 6.78. The van der Waals surface area contributed by atoms with Gasteiger partial charge in [0.2, 0.25) is 0 Å². The number of halogens is 1. The van der Waals surface area contributed by atoms with Crippen LogP contribution in [0.1, 0.15) is 20.3 Å². The Morgan fingerprint density at radius 3 is 2.50 bits per heavy atom. The minimum absolute atomic E-state index is 0.469. The van der Waals surface area contributed by atoms with Crippen LogP contribution < -0.4 is 10.6 Å². The quantitative estimate of drug-likeness (QED) is 0.391. The Labute approximate surface area is 71.9 Å². The van der Waals surface area contributed by atoms with Crippen molar-refractivity contribution in [2.75, 3.05) is 19.6 Å². The van der Waals surface area contributed by atoms with Crippen molar-refractivity contribution in [3.63, 3.8) is 0 Å². The number of alkyl halides is 1. The summed E-state index contributed by atoms with van der Waals surface area (Å²) in [6.45, 7) is 7.41. The number of hydrogen-bond acceptors (Lipinski definition) is 2. The van der Waals surface area contributed by atoms with Gasteiger partial charge in [-0.1, -0.05) is 29.8 Å². The van der Waals surface area contributed by atoms with Gasteiger partial charge in [-0.05, 0) is 26.1 Å². The highest BCUT2D eigenvalue weighted by Gasteiger charge is 1.98. The van der Waals surface area contributed by atoms with Gasteiger partial charge < -0.3 is 10.6 Å². The maximum Gasteiger partial charge on any atom is 0.0642 e. The Balaban J connectivity index is 2.97. The van der Waals surface area contributed by atoms with Crippen molar-refractivity contribution in [3.05, 3.63) is 0 Å². The lowest BCUT2D eigenvalue weighted by Crippen LogP contribution is -2.27. The third-order valence-electron chi connectivity index (χ3n) is 1.25. The minimum atomic E-state index is 0.469. The molecule has 0 bridgehead atoms. The number of hydrogen-bond donors (Lipinski definition) is 2. The van der Waals surface area contributed by atoms with E-state index in [1.807, 2.05) is 0 Å².